The van der Waals surface area contributed by atoms with E-state index in [2.05, 4.69) is 4.98 Å². The summed E-state index contributed by atoms with van der Waals surface area (Å²) in [5.41, 5.74) is 2.66. The van der Waals surface area contributed by atoms with Crippen LogP contribution in [0.1, 0.15) is 10.6 Å². The summed E-state index contributed by atoms with van der Waals surface area (Å²) >= 11 is 7.59. The van der Waals surface area contributed by atoms with Crippen LogP contribution in [0.25, 0.3) is 22.3 Å². The van der Waals surface area contributed by atoms with Crippen molar-refractivity contribution >= 4 is 39.0 Å². The van der Waals surface area contributed by atoms with Crippen molar-refractivity contribution in [1.82, 2.24) is 4.98 Å². The van der Waals surface area contributed by atoms with E-state index in [1.54, 1.807) is 18.4 Å². The Morgan fingerprint density at radius 3 is 2.52 bits per heavy atom. The van der Waals surface area contributed by atoms with Crippen LogP contribution in [-0.2, 0) is 0 Å². The monoisotopic (exact) mass is 396 g/mol. The third-order valence-electron chi connectivity index (χ3n) is 4.31. The number of rotatable bonds is 3. The average molecular weight is 397 g/mol. The third kappa shape index (κ3) is 3.61. The number of methoxy groups -OCH3 is 1. The van der Waals surface area contributed by atoms with Gasteiger partial charge in [-0.25, -0.2) is 9.98 Å². The zero-order valence-electron chi connectivity index (χ0n) is 15.1. The van der Waals surface area contributed by atoms with E-state index < -0.39 is 0 Å². The Hall–Kier alpha value is -2.63. The fourth-order valence-electron chi connectivity index (χ4n) is 2.73. The second kappa shape index (κ2) is 7.18. The number of aryl methyl sites for hydroxylation is 2. The second-order valence-corrected chi connectivity index (χ2v) is 7.73. The topological polar surface area (TPSA) is 47.6 Å². The number of fused-ring (bicyclic) bond motifs is 1. The molecular formula is C21H17ClN2O2S. The van der Waals surface area contributed by atoms with E-state index in [0.717, 1.165) is 43.3 Å². The smallest absolute Gasteiger partial charge is 0.210 e. The van der Waals surface area contributed by atoms with Crippen molar-refractivity contribution in [3.05, 3.63) is 69.5 Å². The summed E-state index contributed by atoms with van der Waals surface area (Å²) < 4.78 is 11.5. The quantitative estimate of drug-likeness (QED) is 0.422. The molecule has 0 aliphatic carbocycles. The minimum absolute atomic E-state index is 0.683. The number of hydrogen-bond acceptors (Lipinski definition) is 5. The van der Waals surface area contributed by atoms with Crippen molar-refractivity contribution < 1.29 is 9.15 Å². The molecule has 0 N–H and O–H groups in total. The molecule has 4 nitrogen and oxygen atoms in total. The summed E-state index contributed by atoms with van der Waals surface area (Å²) in [5, 5.41) is 3.07. The van der Waals surface area contributed by atoms with Crippen LogP contribution in [0.5, 0.6) is 5.75 Å². The van der Waals surface area contributed by atoms with Crippen molar-refractivity contribution in [2.24, 2.45) is 4.99 Å². The summed E-state index contributed by atoms with van der Waals surface area (Å²) in [6.45, 7) is 4.04. The molecule has 0 unspecified atom stereocenters. The predicted molar refractivity (Wildman–Crippen MR) is 110 cm³/mol. The highest BCUT2D eigenvalue weighted by Crippen LogP contribution is 2.27. The van der Waals surface area contributed by atoms with Gasteiger partial charge in [0.2, 0.25) is 5.13 Å². The Balaban J connectivity index is 1.99. The SMILES string of the molecule is COc1ccc2oc(-c3ccc(Cl)cc3)c/c(=N\c3nc(C)c(C)s3)c2c1. The average Bonchev–Trinajstić information content (AvgIpc) is 2.99. The number of hydrogen-bond donors (Lipinski definition) is 0. The standard InChI is InChI=1S/C21H17ClN2O2S/c1-12-13(2)27-21(23-12)24-18-11-20(14-4-6-15(22)7-5-14)26-19-9-8-16(25-3)10-17(18)19/h4-11H,1-3H3/b24-18+. The van der Waals surface area contributed by atoms with Crippen LogP contribution < -0.4 is 10.1 Å². The maximum absolute atomic E-state index is 6.12. The first-order valence-corrected chi connectivity index (χ1v) is 9.59. The maximum atomic E-state index is 6.12. The first kappa shape index (κ1) is 17.8. The van der Waals surface area contributed by atoms with Crippen LogP contribution in [0.4, 0.5) is 5.13 Å². The van der Waals surface area contributed by atoms with E-state index >= 15 is 0 Å². The number of thiazole rings is 1. The van der Waals surface area contributed by atoms with E-state index in [0.29, 0.717) is 10.8 Å². The van der Waals surface area contributed by atoms with Crippen molar-refractivity contribution in [1.29, 1.82) is 0 Å². The van der Waals surface area contributed by atoms with Gasteiger partial charge in [-0.05, 0) is 56.3 Å². The molecule has 0 radical (unpaired) electrons. The Morgan fingerprint density at radius 1 is 1.07 bits per heavy atom. The van der Waals surface area contributed by atoms with Gasteiger partial charge in [0, 0.05) is 26.9 Å². The van der Waals surface area contributed by atoms with E-state index in [1.807, 2.05) is 62.4 Å². The molecule has 0 spiro atoms. The minimum atomic E-state index is 0.683. The predicted octanol–water partition coefficient (Wildman–Crippen LogP) is 6.07. The molecule has 0 saturated heterocycles. The van der Waals surface area contributed by atoms with Crippen LogP contribution >= 0.6 is 22.9 Å². The lowest BCUT2D eigenvalue weighted by molar-refractivity contribution is 0.415. The van der Waals surface area contributed by atoms with Crippen molar-refractivity contribution in [3.8, 4) is 17.1 Å². The Morgan fingerprint density at radius 2 is 1.85 bits per heavy atom. The number of nitrogens with zero attached hydrogens (tertiary/aromatic N) is 2. The first-order valence-electron chi connectivity index (χ1n) is 8.40. The molecule has 0 saturated carbocycles. The van der Waals surface area contributed by atoms with E-state index in [4.69, 9.17) is 25.7 Å². The van der Waals surface area contributed by atoms with Crippen molar-refractivity contribution in [2.75, 3.05) is 7.11 Å². The molecule has 0 aliphatic heterocycles. The van der Waals surface area contributed by atoms with Crippen LogP contribution in [0.2, 0.25) is 5.02 Å². The summed E-state index contributed by atoms with van der Waals surface area (Å²) in [6.07, 6.45) is 0. The lowest BCUT2D eigenvalue weighted by atomic mass is 10.1. The first-order chi connectivity index (χ1) is 13.0. The molecule has 0 aliphatic rings. The fourth-order valence-corrected chi connectivity index (χ4v) is 3.65. The van der Waals surface area contributed by atoms with E-state index in [-0.39, 0.29) is 0 Å². The summed E-state index contributed by atoms with van der Waals surface area (Å²) in [5.74, 6) is 1.47. The highest BCUT2D eigenvalue weighted by molar-refractivity contribution is 7.15. The molecule has 4 aromatic rings. The van der Waals surface area contributed by atoms with Gasteiger partial charge in [-0.3, -0.25) is 0 Å². The van der Waals surface area contributed by atoms with Gasteiger partial charge < -0.3 is 9.15 Å². The van der Waals surface area contributed by atoms with Crippen molar-refractivity contribution in [2.45, 2.75) is 13.8 Å². The van der Waals surface area contributed by atoms with Gasteiger partial charge >= 0.3 is 0 Å². The molecule has 0 fully saturated rings. The van der Waals surface area contributed by atoms with Gasteiger partial charge in [-0.2, -0.15) is 0 Å². The van der Waals surface area contributed by atoms with Crippen LogP contribution in [0.15, 0.2) is 57.9 Å². The summed E-state index contributed by atoms with van der Waals surface area (Å²) in [7, 11) is 1.64. The summed E-state index contributed by atoms with van der Waals surface area (Å²) in [4.78, 5) is 10.5. The molecule has 2 heterocycles. The molecule has 0 amide bonds. The third-order valence-corrected chi connectivity index (χ3v) is 5.53. The number of aromatic nitrogens is 1. The van der Waals surface area contributed by atoms with Gasteiger partial charge in [0.1, 0.15) is 17.1 Å². The molecular weight excluding hydrogens is 380 g/mol. The molecule has 2 aromatic carbocycles. The number of ether oxygens (including phenoxy) is 1. The lowest BCUT2D eigenvalue weighted by Crippen LogP contribution is -2.03. The normalized spacial score (nSPS) is 11.9. The molecule has 2 aromatic heterocycles. The van der Waals surface area contributed by atoms with Crippen LogP contribution in [0.3, 0.4) is 0 Å². The van der Waals surface area contributed by atoms with Gasteiger partial charge in [-0.15, -0.1) is 0 Å². The van der Waals surface area contributed by atoms with Gasteiger partial charge in [0.05, 0.1) is 18.2 Å². The zero-order chi connectivity index (χ0) is 19.0. The minimum Gasteiger partial charge on any atom is -0.497 e. The molecule has 136 valence electrons. The molecule has 0 bridgehead atoms. The second-order valence-electron chi connectivity index (χ2n) is 6.11. The van der Waals surface area contributed by atoms with Gasteiger partial charge in [0.25, 0.3) is 0 Å². The number of halogens is 1. The Bertz CT molecular complexity index is 1170. The number of benzene rings is 2. The largest absolute Gasteiger partial charge is 0.497 e. The Labute approximate surface area is 165 Å². The van der Waals surface area contributed by atoms with Crippen LogP contribution in [0, 0.1) is 13.8 Å². The molecule has 0 atom stereocenters. The maximum Gasteiger partial charge on any atom is 0.210 e. The van der Waals surface area contributed by atoms with E-state index in [9.17, 15) is 0 Å². The molecule has 27 heavy (non-hydrogen) atoms. The molecule has 4 rings (SSSR count). The van der Waals surface area contributed by atoms with Gasteiger partial charge in [-0.1, -0.05) is 22.9 Å². The lowest BCUT2D eigenvalue weighted by Gasteiger charge is -2.06. The van der Waals surface area contributed by atoms with Crippen LogP contribution in [-0.4, -0.2) is 12.1 Å². The molecule has 6 heteroatoms. The van der Waals surface area contributed by atoms with Crippen molar-refractivity contribution in [3.63, 3.8) is 0 Å². The summed E-state index contributed by atoms with van der Waals surface area (Å²) in [6, 6.07) is 15.2. The van der Waals surface area contributed by atoms with E-state index in [1.165, 1.54) is 0 Å². The van der Waals surface area contributed by atoms with Gasteiger partial charge in [0.15, 0.2) is 0 Å². The zero-order valence-corrected chi connectivity index (χ0v) is 16.7. The highest BCUT2D eigenvalue weighted by atomic mass is 35.5. The Kier molecular flexibility index (Phi) is 4.72. The highest BCUT2D eigenvalue weighted by Gasteiger charge is 2.09. The fraction of sp³-hybridized carbons (Fsp3) is 0.143.